The number of esters is 2. The summed E-state index contributed by atoms with van der Waals surface area (Å²) in [5.74, 6) is -1.71. The third-order valence-corrected chi connectivity index (χ3v) is 5.24. The lowest BCUT2D eigenvalue weighted by Gasteiger charge is -2.23. The summed E-state index contributed by atoms with van der Waals surface area (Å²) in [6, 6.07) is 6.64. The molecule has 2 aromatic rings. The topological polar surface area (TPSA) is 120 Å². The van der Waals surface area contributed by atoms with Gasteiger partial charge >= 0.3 is 11.9 Å². The minimum absolute atomic E-state index is 0.132. The summed E-state index contributed by atoms with van der Waals surface area (Å²) in [4.78, 5) is 49.3. The molecule has 0 aliphatic heterocycles. The summed E-state index contributed by atoms with van der Waals surface area (Å²) in [5, 5.41) is 7.32. The number of amides is 2. The van der Waals surface area contributed by atoms with Gasteiger partial charge in [0.2, 0.25) is 5.91 Å². The molecule has 190 valence electrons. The van der Waals surface area contributed by atoms with Gasteiger partial charge in [-0.25, -0.2) is 9.48 Å². The Morgan fingerprint density at radius 3 is 2.29 bits per heavy atom. The number of aryl methyl sites for hydroxylation is 1. The molecule has 1 heterocycles. The summed E-state index contributed by atoms with van der Waals surface area (Å²) in [5.41, 5.74) is 3.30. The Balaban J connectivity index is 1.97. The van der Waals surface area contributed by atoms with Crippen LogP contribution in [0.2, 0.25) is 0 Å². The molecule has 0 radical (unpaired) electrons. The highest BCUT2D eigenvalue weighted by Crippen LogP contribution is 2.20. The van der Waals surface area contributed by atoms with E-state index in [2.05, 4.69) is 10.4 Å². The van der Waals surface area contributed by atoms with Crippen molar-refractivity contribution in [3.63, 3.8) is 0 Å². The molecule has 1 aromatic heterocycles. The van der Waals surface area contributed by atoms with Gasteiger partial charge in [0.05, 0.1) is 30.6 Å². The highest BCUT2D eigenvalue weighted by molar-refractivity contribution is 5.92. The highest BCUT2D eigenvalue weighted by Gasteiger charge is 2.19. The highest BCUT2D eigenvalue weighted by atomic mass is 16.5. The Labute approximate surface area is 205 Å². The van der Waals surface area contributed by atoms with Gasteiger partial charge in [-0.3, -0.25) is 14.4 Å². The fraction of sp³-hybridized carbons (Fsp3) is 0.480. The first-order chi connectivity index (χ1) is 16.3. The van der Waals surface area contributed by atoms with Gasteiger partial charge in [0.25, 0.3) is 5.91 Å². The van der Waals surface area contributed by atoms with E-state index in [9.17, 15) is 19.2 Å². The van der Waals surface area contributed by atoms with Crippen LogP contribution < -0.4 is 5.32 Å². The largest absolute Gasteiger partial charge is 0.469 e. The SMILES string of the molecule is COC(=O)CCc1c(C)nn(-c2ccc(C(=O)OCC(=O)N(C)CC(=O)NC(C)(C)C)cc2)c1C. The van der Waals surface area contributed by atoms with E-state index in [0.717, 1.165) is 22.6 Å². The first-order valence-corrected chi connectivity index (χ1v) is 11.3. The van der Waals surface area contributed by atoms with Crippen LogP contribution >= 0.6 is 0 Å². The van der Waals surface area contributed by atoms with Crippen molar-refractivity contribution < 1.29 is 28.7 Å². The van der Waals surface area contributed by atoms with Crippen molar-refractivity contribution in [3.8, 4) is 5.69 Å². The fourth-order valence-corrected chi connectivity index (χ4v) is 3.44. The van der Waals surface area contributed by atoms with Crippen LogP contribution in [0.5, 0.6) is 0 Å². The Hall–Kier alpha value is -3.69. The molecule has 1 N–H and O–H groups in total. The molecule has 10 heteroatoms. The van der Waals surface area contributed by atoms with Crippen LogP contribution in [0.15, 0.2) is 24.3 Å². The molecule has 35 heavy (non-hydrogen) atoms. The molecule has 0 bridgehead atoms. The monoisotopic (exact) mass is 486 g/mol. The number of likely N-dealkylation sites (N-methyl/N-ethyl adjacent to an activating group) is 1. The Morgan fingerprint density at radius 1 is 1.09 bits per heavy atom. The first kappa shape index (κ1) is 27.6. The van der Waals surface area contributed by atoms with Gasteiger partial charge in [0.15, 0.2) is 6.61 Å². The van der Waals surface area contributed by atoms with Gasteiger partial charge in [-0.1, -0.05) is 0 Å². The second-order valence-electron chi connectivity index (χ2n) is 9.31. The van der Waals surface area contributed by atoms with Crippen LogP contribution in [-0.2, 0) is 30.3 Å². The summed E-state index contributed by atoms with van der Waals surface area (Å²) < 4.78 is 11.6. The molecule has 0 spiro atoms. The standard InChI is InChI=1S/C25H34N4O6/c1-16-20(12-13-23(32)34-7)17(2)29(27-16)19-10-8-18(9-11-19)24(33)35-15-22(31)28(6)14-21(30)26-25(3,4)5/h8-11H,12-15H2,1-7H3,(H,26,30). The lowest BCUT2D eigenvalue weighted by molar-refractivity contribution is -0.140. The van der Waals surface area contributed by atoms with Crippen molar-refractivity contribution >= 4 is 23.8 Å². The van der Waals surface area contributed by atoms with E-state index in [4.69, 9.17) is 9.47 Å². The Kier molecular flexibility index (Phi) is 9.16. The number of carbonyl (C=O) groups excluding carboxylic acids is 4. The molecule has 0 aliphatic rings. The van der Waals surface area contributed by atoms with Gasteiger partial charge in [0.1, 0.15) is 0 Å². The van der Waals surface area contributed by atoms with Crippen molar-refractivity contribution in [2.75, 3.05) is 27.3 Å². The average Bonchev–Trinajstić information content (AvgIpc) is 3.07. The number of rotatable bonds is 9. The maximum atomic E-state index is 12.4. The summed E-state index contributed by atoms with van der Waals surface area (Å²) in [6.07, 6.45) is 0.791. The predicted molar refractivity (Wildman–Crippen MR) is 129 cm³/mol. The third-order valence-electron chi connectivity index (χ3n) is 5.24. The second-order valence-corrected chi connectivity index (χ2v) is 9.31. The molecule has 10 nitrogen and oxygen atoms in total. The normalized spacial score (nSPS) is 11.1. The van der Waals surface area contributed by atoms with Crippen LogP contribution in [-0.4, -0.2) is 71.3 Å². The van der Waals surface area contributed by atoms with Crippen molar-refractivity contribution in [2.45, 2.75) is 53.0 Å². The Bertz CT molecular complexity index is 1080. The minimum Gasteiger partial charge on any atom is -0.469 e. The predicted octanol–water partition coefficient (Wildman–Crippen LogP) is 2.12. The van der Waals surface area contributed by atoms with Crippen molar-refractivity contribution in [1.29, 1.82) is 0 Å². The van der Waals surface area contributed by atoms with E-state index in [1.54, 1.807) is 28.9 Å². The maximum absolute atomic E-state index is 12.4. The molecule has 0 saturated carbocycles. The second kappa shape index (κ2) is 11.6. The maximum Gasteiger partial charge on any atom is 0.338 e. The number of nitrogens with one attached hydrogen (secondary N) is 1. The number of methoxy groups -OCH3 is 1. The molecule has 1 aromatic carbocycles. The van der Waals surface area contributed by atoms with E-state index < -0.39 is 24.0 Å². The van der Waals surface area contributed by atoms with Crippen molar-refractivity contribution in [2.24, 2.45) is 0 Å². The van der Waals surface area contributed by atoms with Crippen LogP contribution in [0.1, 0.15) is 54.5 Å². The molecular weight excluding hydrogens is 452 g/mol. The number of nitrogens with zero attached hydrogens (tertiary/aromatic N) is 3. The molecule has 0 saturated heterocycles. The zero-order valence-electron chi connectivity index (χ0n) is 21.4. The summed E-state index contributed by atoms with van der Waals surface area (Å²) in [7, 11) is 2.83. The van der Waals surface area contributed by atoms with Crippen LogP contribution in [0.3, 0.4) is 0 Å². The molecule has 0 unspecified atom stereocenters. The van der Waals surface area contributed by atoms with Crippen LogP contribution in [0.4, 0.5) is 0 Å². The van der Waals surface area contributed by atoms with E-state index in [-0.39, 0.29) is 30.4 Å². The number of hydrogen-bond donors (Lipinski definition) is 1. The molecule has 2 amide bonds. The molecule has 0 atom stereocenters. The van der Waals surface area contributed by atoms with Gasteiger partial charge in [-0.05, 0) is 70.9 Å². The first-order valence-electron chi connectivity index (χ1n) is 11.3. The van der Waals surface area contributed by atoms with Gasteiger partial charge < -0.3 is 19.7 Å². The quantitative estimate of drug-likeness (QED) is 0.539. The summed E-state index contributed by atoms with van der Waals surface area (Å²) in [6.45, 7) is 8.73. The lowest BCUT2D eigenvalue weighted by Crippen LogP contribution is -2.46. The van der Waals surface area contributed by atoms with E-state index in [1.807, 2.05) is 34.6 Å². The number of ether oxygens (including phenoxy) is 2. The Morgan fingerprint density at radius 2 is 1.71 bits per heavy atom. The lowest BCUT2D eigenvalue weighted by atomic mass is 10.1. The molecular formula is C25H34N4O6. The van der Waals surface area contributed by atoms with Crippen LogP contribution in [0.25, 0.3) is 5.69 Å². The fourth-order valence-electron chi connectivity index (χ4n) is 3.44. The zero-order chi connectivity index (χ0) is 26.3. The van der Waals surface area contributed by atoms with Gasteiger partial charge in [-0.2, -0.15) is 5.10 Å². The van der Waals surface area contributed by atoms with Gasteiger partial charge in [-0.15, -0.1) is 0 Å². The zero-order valence-corrected chi connectivity index (χ0v) is 21.4. The van der Waals surface area contributed by atoms with E-state index in [0.29, 0.717) is 6.42 Å². The number of carbonyl (C=O) groups is 4. The minimum atomic E-state index is -0.649. The molecule has 0 aliphatic carbocycles. The molecule has 2 rings (SSSR count). The number of hydrogen-bond acceptors (Lipinski definition) is 7. The van der Waals surface area contributed by atoms with Crippen LogP contribution in [0, 0.1) is 13.8 Å². The average molecular weight is 487 g/mol. The van der Waals surface area contributed by atoms with E-state index in [1.165, 1.54) is 19.1 Å². The third kappa shape index (κ3) is 7.94. The van der Waals surface area contributed by atoms with Gasteiger partial charge in [0, 0.05) is 24.7 Å². The molecule has 0 fully saturated rings. The number of aromatic nitrogens is 2. The summed E-state index contributed by atoms with van der Waals surface area (Å²) >= 11 is 0. The van der Waals surface area contributed by atoms with E-state index >= 15 is 0 Å². The smallest absolute Gasteiger partial charge is 0.338 e. The van der Waals surface area contributed by atoms with Crippen molar-refractivity contribution in [3.05, 3.63) is 46.8 Å². The number of benzene rings is 1. The van der Waals surface area contributed by atoms with Crippen molar-refractivity contribution in [1.82, 2.24) is 20.0 Å².